The Hall–Kier alpha value is -1.94. The van der Waals surface area contributed by atoms with Gasteiger partial charge >= 0.3 is 6.03 Å². The zero-order valence-electron chi connectivity index (χ0n) is 18.8. The summed E-state index contributed by atoms with van der Waals surface area (Å²) in [6.07, 6.45) is 3.89. The smallest absolute Gasteiger partial charge is 0.323 e. The number of amides is 3. The van der Waals surface area contributed by atoms with E-state index in [0.29, 0.717) is 31.7 Å². The fourth-order valence-corrected chi connectivity index (χ4v) is 6.90. The molecule has 2 aliphatic heterocycles. The van der Waals surface area contributed by atoms with Crippen molar-refractivity contribution in [2.75, 3.05) is 25.2 Å². The summed E-state index contributed by atoms with van der Waals surface area (Å²) in [5.41, 5.74) is 2.08. The predicted molar refractivity (Wildman–Crippen MR) is 116 cm³/mol. The lowest BCUT2D eigenvalue weighted by molar-refractivity contribution is -0.134. The highest BCUT2D eigenvalue weighted by molar-refractivity contribution is 7.91. The lowest BCUT2D eigenvalue weighted by Gasteiger charge is -2.33. The number of aromatic nitrogens is 2. The Balaban J connectivity index is 1.44. The van der Waals surface area contributed by atoms with E-state index >= 15 is 0 Å². The minimum absolute atomic E-state index is 0.114. The van der Waals surface area contributed by atoms with Crippen LogP contribution in [0.4, 0.5) is 4.79 Å². The van der Waals surface area contributed by atoms with Gasteiger partial charge in [-0.15, -0.1) is 0 Å². The summed E-state index contributed by atoms with van der Waals surface area (Å²) in [6, 6.07) is -0.436. The van der Waals surface area contributed by atoms with Gasteiger partial charge in [0.05, 0.1) is 29.9 Å². The standard InChI is InChI=1S/C21H33N5O4S/c1-14-5-8-21(9-6-14)19(27)25(20(28)22-21)13-24(4)11-18-15(2)23-26(16(18)3)17-7-10-31(29,30)12-17/h14,17H,5-13H2,1-4H3,(H,22,28)/t14?,17-,21?/m0/s1. The predicted octanol–water partition coefficient (Wildman–Crippen LogP) is 1.75. The lowest BCUT2D eigenvalue weighted by Crippen LogP contribution is -2.49. The number of nitrogens with zero attached hydrogens (tertiary/aromatic N) is 4. The van der Waals surface area contributed by atoms with Crippen LogP contribution >= 0.6 is 0 Å². The summed E-state index contributed by atoms with van der Waals surface area (Å²) in [5.74, 6) is 0.812. The van der Waals surface area contributed by atoms with Gasteiger partial charge in [-0.3, -0.25) is 14.4 Å². The molecule has 0 bridgehead atoms. The maximum atomic E-state index is 13.1. The van der Waals surface area contributed by atoms with E-state index < -0.39 is 15.4 Å². The van der Waals surface area contributed by atoms with Crippen molar-refractivity contribution in [3.8, 4) is 0 Å². The molecule has 0 aromatic carbocycles. The van der Waals surface area contributed by atoms with Crippen molar-refractivity contribution in [2.45, 2.75) is 71.0 Å². The van der Waals surface area contributed by atoms with Gasteiger partial charge in [-0.05, 0) is 58.9 Å². The Labute approximate surface area is 184 Å². The first-order chi connectivity index (χ1) is 14.5. The number of carbonyl (C=O) groups excluding carboxylic acids is 2. The van der Waals surface area contributed by atoms with Crippen LogP contribution in [0.2, 0.25) is 0 Å². The van der Waals surface area contributed by atoms with Crippen LogP contribution in [0, 0.1) is 19.8 Å². The fraction of sp³-hybridized carbons (Fsp3) is 0.762. The maximum Gasteiger partial charge on any atom is 0.326 e. The molecule has 4 rings (SSSR count). The molecular weight excluding hydrogens is 418 g/mol. The van der Waals surface area contributed by atoms with Gasteiger partial charge in [0.2, 0.25) is 0 Å². The zero-order valence-corrected chi connectivity index (χ0v) is 19.7. The van der Waals surface area contributed by atoms with Crippen molar-refractivity contribution in [1.29, 1.82) is 0 Å². The fourth-order valence-electron chi connectivity index (χ4n) is 5.21. The molecule has 3 fully saturated rings. The first-order valence-electron chi connectivity index (χ1n) is 11.1. The van der Waals surface area contributed by atoms with E-state index in [4.69, 9.17) is 0 Å². The number of rotatable bonds is 5. The molecular formula is C21H33N5O4S. The van der Waals surface area contributed by atoms with Gasteiger partial charge in [-0.25, -0.2) is 18.1 Å². The number of carbonyl (C=O) groups is 2. The molecule has 31 heavy (non-hydrogen) atoms. The van der Waals surface area contributed by atoms with Crippen molar-refractivity contribution in [3.05, 3.63) is 17.0 Å². The molecule has 1 N–H and O–H groups in total. The van der Waals surface area contributed by atoms with Crippen molar-refractivity contribution in [1.82, 2.24) is 24.9 Å². The largest absolute Gasteiger partial charge is 0.326 e. The van der Waals surface area contributed by atoms with E-state index in [0.717, 1.165) is 29.8 Å². The molecule has 9 nitrogen and oxygen atoms in total. The van der Waals surface area contributed by atoms with Crippen LogP contribution in [0.5, 0.6) is 0 Å². The quantitative estimate of drug-likeness (QED) is 0.684. The molecule has 2 saturated heterocycles. The SMILES string of the molecule is Cc1nn([C@H]2CCS(=O)(=O)C2)c(C)c1CN(C)CN1C(=O)NC2(CCC(C)CC2)C1=O. The second-order valence-electron chi connectivity index (χ2n) is 9.73. The molecule has 1 saturated carbocycles. The molecule has 1 aliphatic carbocycles. The van der Waals surface area contributed by atoms with E-state index in [1.165, 1.54) is 4.90 Å². The van der Waals surface area contributed by atoms with Crippen LogP contribution in [0.15, 0.2) is 0 Å². The summed E-state index contributed by atoms with van der Waals surface area (Å²) >= 11 is 0. The second kappa shape index (κ2) is 7.88. The van der Waals surface area contributed by atoms with E-state index in [9.17, 15) is 18.0 Å². The lowest BCUT2D eigenvalue weighted by atomic mass is 9.77. The zero-order chi connectivity index (χ0) is 22.6. The maximum absolute atomic E-state index is 13.1. The Kier molecular flexibility index (Phi) is 5.66. The van der Waals surface area contributed by atoms with Crippen LogP contribution in [0.3, 0.4) is 0 Å². The average molecular weight is 452 g/mol. The Morgan fingerprint density at radius 1 is 1.19 bits per heavy atom. The third-order valence-corrected chi connectivity index (χ3v) is 8.96. The molecule has 3 aliphatic rings. The third-order valence-electron chi connectivity index (χ3n) is 7.21. The summed E-state index contributed by atoms with van der Waals surface area (Å²) in [4.78, 5) is 29.0. The number of aryl methyl sites for hydroxylation is 1. The van der Waals surface area contributed by atoms with Gasteiger partial charge in [0, 0.05) is 17.8 Å². The molecule has 1 aromatic rings. The van der Waals surface area contributed by atoms with Crippen molar-refractivity contribution in [2.24, 2.45) is 5.92 Å². The van der Waals surface area contributed by atoms with Gasteiger partial charge < -0.3 is 5.32 Å². The highest BCUT2D eigenvalue weighted by Crippen LogP contribution is 2.36. The van der Waals surface area contributed by atoms with Crippen LogP contribution in [0.25, 0.3) is 0 Å². The van der Waals surface area contributed by atoms with E-state index in [1.54, 1.807) is 0 Å². The van der Waals surface area contributed by atoms with Gasteiger partial charge in [-0.1, -0.05) is 6.92 Å². The molecule has 10 heteroatoms. The van der Waals surface area contributed by atoms with Crippen molar-refractivity contribution in [3.63, 3.8) is 0 Å². The van der Waals surface area contributed by atoms with Crippen molar-refractivity contribution < 1.29 is 18.0 Å². The van der Waals surface area contributed by atoms with Gasteiger partial charge in [-0.2, -0.15) is 5.10 Å². The first kappa shape index (κ1) is 22.3. The Bertz CT molecular complexity index is 994. The minimum atomic E-state index is -2.99. The highest BCUT2D eigenvalue weighted by Gasteiger charge is 2.52. The third kappa shape index (κ3) is 4.11. The van der Waals surface area contributed by atoms with E-state index in [1.807, 2.05) is 30.5 Å². The summed E-state index contributed by atoms with van der Waals surface area (Å²) in [6.45, 7) is 6.80. The second-order valence-corrected chi connectivity index (χ2v) is 12.0. The molecule has 3 amide bonds. The number of urea groups is 1. The Morgan fingerprint density at radius 3 is 2.48 bits per heavy atom. The van der Waals surface area contributed by atoms with Crippen molar-refractivity contribution >= 4 is 21.8 Å². The van der Waals surface area contributed by atoms with Crippen LogP contribution in [0.1, 0.15) is 62.0 Å². The molecule has 3 heterocycles. The van der Waals surface area contributed by atoms with Gasteiger partial charge in [0.1, 0.15) is 5.54 Å². The number of sulfone groups is 1. The molecule has 1 aromatic heterocycles. The number of imide groups is 1. The molecule has 0 radical (unpaired) electrons. The molecule has 1 spiro atoms. The summed E-state index contributed by atoms with van der Waals surface area (Å²) in [5, 5.41) is 7.58. The van der Waals surface area contributed by atoms with E-state index in [2.05, 4.69) is 17.3 Å². The van der Waals surface area contributed by atoms with E-state index in [-0.39, 0.29) is 36.2 Å². The Morgan fingerprint density at radius 2 is 1.87 bits per heavy atom. The average Bonchev–Trinajstić information content (AvgIpc) is 3.27. The van der Waals surface area contributed by atoms with Crippen LogP contribution in [-0.4, -0.2) is 70.7 Å². The number of nitrogens with one attached hydrogen (secondary N) is 1. The number of hydrogen-bond acceptors (Lipinski definition) is 6. The van der Waals surface area contributed by atoms with Gasteiger partial charge in [0.15, 0.2) is 9.84 Å². The van der Waals surface area contributed by atoms with Gasteiger partial charge in [0.25, 0.3) is 5.91 Å². The molecule has 172 valence electrons. The topological polar surface area (TPSA) is 105 Å². The molecule has 0 unspecified atom stereocenters. The summed E-state index contributed by atoms with van der Waals surface area (Å²) in [7, 11) is -1.11. The minimum Gasteiger partial charge on any atom is -0.323 e. The number of hydrogen-bond donors (Lipinski definition) is 1. The van der Waals surface area contributed by atoms with Crippen LogP contribution < -0.4 is 5.32 Å². The monoisotopic (exact) mass is 451 g/mol. The highest BCUT2D eigenvalue weighted by atomic mass is 32.2. The normalized spacial score (nSPS) is 30.5. The first-order valence-corrected chi connectivity index (χ1v) is 12.9. The molecule has 1 atom stereocenters. The summed E-state index contributed by atoms with van der Waals surface area (Å²) < 4.78 is 25.6. The van der Waals surface area contributed by atoms with Crippen LogP contribution in [-0.2, 0) is 21.2 Å².